The fourth-order valence-corrected chi connectivity index (χ4v) is 3.82. The van der Waals surface area contributed by atoms with Crippen molar-refractivity contribution in [2.75, 3.05) is 25.1 Å². The van der Waals surface area contributed by atoms with Crippen molar-refractivity contribution in [1.82, 2.24) is 4.98 Å². The van der Waals surface area contributed by atoms with Crippen LogP contribution in [0.2, 0.25) is 5.02 Å². The van der Waals surface area contributed by atoms with Crippen LogP contribution in [0.25, 0.3) is 10.2 Å². The summed E-state index contributed by atoms with van der Waals surface area (Å²) in [7, 11) is 1.66. The van der Waals surface area contributed by atoms with E-state index in [2.05, 4.69) is 9.88 Å². The summed E-state index contributed by atoms with van der Waals surface area (Å²) in [5, 5.41) is 1.77. The Morgan fingerprint density at radius 2 is 2.00 bits per heavy atom. The maximum absolute atomic E-state index is 6.03. The molecule has 23 heavy (non-hydrogen) atoms. The molecule has 1 aliphatic heterocycles. The molecule has 4 nitrogen and oxygen atoms in total. The average Bonchev–Trinajstić information content (AvgIpc) is 2.93. The van der Waals surface area contributed by atoms with E-state index in [1.807, 2.05) is 42.5 Å². The van der Waals surface area contributed by atoms with E-state index < -0.39 is 0 Å². The number of halogens is 1. The van der Waals surface area contributed by atoms with Crippen LogP contribution in [0.4, 0.5) is 5.13 Å². The van der Waals surface area contributed by atoms with E-state index in [9.17, 15) is 0 Å². The molecule has 0 radical (unpaired) electrons. The van der Waals surface area contributed by atoms with Gasteiger partial charge in [0.05, 0.1) is 30.4 Å². The molecule has 1 saturated heterocycles. The van der Waals surface area contributed by atoms with Crippen molar-refractivity contribution in [3.05, 3.63) is 47.5 Å². The first-order valence-electron chi connectivity index (χ1n) is 7.33. The molecule has 1 aromatic heterocycles. The number of thiazole rings is 1. The van der Waals surface area contributed by atoms with Crippen molar-refractivity contribution < 1.29 is 9.47 Å². The first kappa shape index (κ1) is 14.6. The van der Waals surface area contributed by atoms with Gasteiger partial charge in [0.25, 0.3) is 0 Å². The molecule has 0 atom stereocenters. The second-order valence-corrected chi connectivity index (χ2v) is 6.88. The van der Waals surface area contributed by atoms with Crippen LogP contribution in [0.15, 0.2) is 42.5 Å². The van der Waals surface area contributed by atoms with E-state index in [0.29, 0.717) is 0 Å². The summed E-state index contributed by atoms with van der Waals surface area (Å²) in [6.45, 7) is 1.68. The highest BCUT2D eigenvalue weighted by Crippen LogP contribution is 2.33. The molecule has 0 spiro atoms. The van der Waals surface area contributed by atoms with Gasteiger partial charge < -0.3 is 14.4 Å². The zero-order chi connectivity index (χ0) is 15.8. The van der Waals surface area contributed by atoms with Gasteiger partial charge >= 0.3 is 0 Å². The summed E-state index contributed by atoms with van der Waals surface area (Å²) in [6.07, 6.45) is 0.178. The number of aromatic nitrogens is 1. The Morgan fingerprint density at radius 3 is 2.83 bits per heavy atom. The summed E-state index contributed by atoms with van der Waals surface area (Å²) in [4.78, 5) is 6.88. The number of anilines is 1. The van der Waals surface area contributed by atoms with E-state index in [1.165, 1.54) is 0 Å². The molecule has 0 N–H and O–H groups in total. The van der Waals surface area contributed by atoms with Crippen molar-refractivity contribution in [2.45, 2.75) is 6.10 Å². The number of hydrogen-bond acceptors (Lipinski definition) is 5. The van der Waals surface area contributed by atoms with Gasteiger partial charge in [0.15, 0.2) is 5.13 Å². The first-order chi connectivity index (χ1) is 11.2. The first-order valence-corrected chi connectivity index (χ1v) is 8.52. The van der Waals surface area contributed by atoms with Crippen LogP contribution in [0.1, 0.15) is 0 Å². The monoisotopic (exact) mass is 346 g/mol. The minimum atomic E-state index is 0.178. The molecular weight excluding hydrogens is 332 g/mol. The molecule has 0 aliphatic carbocycles. The second-order valence-electron chi connectivity index (χ2n) is 5.43. The number of ether oxygens (including phenoxy) is 2. The quantitative estimate of drug-likeness (QED) is 0.708. The Bertz CT molecular complexity index is 845. The van der Waals surface area contributed by atoms with Crippen LogP contribution in [0.3, 0.4) is 0 Å². The highest BCUT2D eigenvalue weighted by atomic mass is 35.5. The number of methoxy groups -OCH3 is 1. The largest absolute Gasteiger partial charge is 0.497 e. The normalized spacial score (nSPS) is 14.8. The SMILES string of the molecule is COc1cccc(OC2CN(c3nc4ccc(Cl)cc4s3)C2)c1. The summed E-state index contributed by atoms with van der Waals surface area (Å²) in [6, 6.07) is 13.5. The Hall–Kier alpha value is -1.98. The minimum Gasteiger partial charge on any atom is -0.497 e. The molecule has 0 amide bonds. The van der Waals surface area contributed by atoms with Gasteiger partial charge in [0, 0.05) is 11.1 Å². The Balaban J connectivity index is 1.42. The molecule has 0 bridgehead atoms. The van der Waals surface area contributed by atoms with Crippen LogP contribution in [0, 0.1) is 0 Å². The Morgan fingerprint density at radius 1 is 1.17 bits per heavy atom. The summed E-state index contributed by atoms with van der Waals surface area (Å²) in [5.41, 5.74) is 0.992. The van der Waals surface area contributed by atoms with Crippen molar-refractivity contribution in [2.24, 2.45) is 0 Å². The van der Waals surface area contributed by atoms with E-state index in [4.69, 9.17) is 21.1 Å². The number of nitrogens with zero attached hydrogens (tertiary/aromatic N) is 2. The third kappa shape index (κ3) is 2.94. The van der Waals surface area contributed by atoms with Crippen LogP contribution >= 0.6 is 22.9 Å². The predicted octanol–water partition coefficient (Wildman–Crippen LogP) is 4.23. The van der Waals surface area contributed by atoms with Gasteiger partial charge in [-0.15, -0.1) is 0 Å². The van der Waals surface area contributed by atoms with Crippen molar-refractivity contribution in [1.29, 1.82) is 0 Å². The Kier molecular flexibility index (Phi) is 3.75. The van der Waals surface area contributed by atoms with E-state index in [-0.39, 0.29) is 6.10 Å². The molecule has 1 aliphatic rings. The lowest BCUT2D eigenvalue weighted by Crippen LogP contribution is -2.54. The van der Waals surface area contributed by atoms with Gasteiger partial charge in [-0.3, -0.25) is 0 Å². The summed E-state index contributed by atoms with van der Waals surface area (Å²) < 4.78 is 12.3. The van der Waals surface area contributed by atoms with Crippen LogP contribution in [0.5, 0.6) is 11.5 Å². The van der Waals surface area contributed by atoms with E-state index in [1.54, 1.807) is 18.4 Å². The summed E-state index contributed by atoms with van der Waals surface area (Å²) >= 11 is 7.69. The molecule has 2 heterocycles. The van der Waals surface area contributed by atoms with Crippen molar-refractivity contribution in [3.8, 4) is 11.5 Å². The van der Waals surface area contributed by atoms with Crippen LogP contribution in [-0.4, -0.2) is 31.3 Å². The van der Waals surface area contributed by atoms with E-state index in [0.717, 1.165) is 45.0 Å². The zero-order valence-electron chi connectivity index (χ0n) is 12.5. The molecule has 6 heteroatoms. The van der Waals surface area contributed by atoms with Gasteiger partial charge in [-0.25, -0.2) is 4.98 Å². The van der Waals surface area contributed by atoms with Gasteiger partial charge in [0.2, 0.25) is 0 Å². The fraction of sp³-hybridized carbons (Fsp3) is 0.235. The highest BCUT2D eigenvalue weighted by molar-refractivity contribution is 7.22. The van der Waals surface area contributed by atoms with Gasteiger partial charge in [-0.1, -0.05) is 29.0 Å². The topological polar surface area (TPSA) is 34.6 Å². The lowest BCUT2D eigenvalue weighted by molar-refractivity contribution is 0.167. The number of fused-ring (bicyclic) bond motifs is 1. The summed E-state index contributed by atoms with van der Waals surface area (Å²) in [5.74, 6) is 1.65. The molecule has 118 valence electrons. The van der Waals surface area contributed by atoms with Gasteiger partial charge in [0.1, 0.15) is 17.6 Å². The highest BCUT2D eigenvalue weighted by Gasteiger charge is 2.30. The Labute approximate surface area is 143 Å². The number of hydrogen-bond donors (Lipinski definition) is 0. The fourth-order valence-electron chi connectivity index (χ4n) is 2.56. The lowest BCUT2D eigenvalue weighted by Gasteiger charge is -2.38. The minimum absolute atomic E-state index is 0.178. The van der Waals surface area contributed by atoms with Gasteiger partial charge in [-0.05, 0) is 30.3 Å². The number of benzene rings is 2. The van der Waals surface area contributed by atoms with Crippen LogP contribution in [-0.2, 0) is 0 Å². The van der Waals surface area contributed by atoms with E-state index >= 15 is 0 Å². The molecular formula is C17H15ClN2O2S. The predicted molar refractivity (Wildman–Crippen MR) is 94.3 cm³/mol. The van der Waals surface area contributed by atoms with Crippen molar-refractivity contribution >= 4 is 38.3 Å². The molecule has 3 aromatic rings. The third-order valence-corrected chi connectivity index (χ3v) is 5.12. The van der Waals surface area contributed by atoms with Crippen LogP contribution < -0.4 is 14.4 Å². The number of rotatable bonds is 4. The molecule has 0 saturated carbocycles. The molecule has 4 rings (SSSR count). The maximum Gasteiger partial charge on any atom is 0.186 e. The third-order valence-electron chi connectivity index (χ3n) is 3.80. The standard InChI is InChI=1S/C17H15ClN2O2S/c1-21-12-3-2-4-13(8-12)22-14-9-20(10-14)17-19-15-6-5-11(18)7-16(15)23-17/h2-8,14H,9-10H2,1H3. The molecule has 0 unspecified atom stereocenters. The second kappa shape index (κ2) is 5.91. The smallest absolute Gasteiger partial charge is 0.186 e. The molecule has 2 aromatic carbocycles. The lowest BCUT2D eigenvalue weighted by atomic mass is 10.2. The van der Waals surface area contributed by atoms with Gasteiger partial charge in [-0.2, -0.15) is 0 Å². The zero-order valence-corrected chi connectivity index (χ0v) is 14.1. The average molecular weight is 347 g/mol. The maximum atomic E-state index is 6.03. The van der Waals surface area contributed by atoms with Crippen molar-refractivity contribution in [3.63, 3.8) is 0 Å². The molecule has 1 fully saturated rings.